The number of nitrogens with zero attached hydrogens (tertiary/aromatic N) is 1. The highest BCUT2D eigenvalue weighted by atomic mass is 16.4. The molecule has 0 spiro atoms. The first-order valence-electron chi connectivity index (χ1n) is 6.58. The highest BCUT2D eigenvalue weighted by Gasteiger charge is 2.52. The highest BCUT2D eigenvalue weighted by Crippen LogP contribution is 2.48. The molecule has 0 aromatic heterocycles. The zero-order valence-corrected chi connectivity index (χ0v) is 11.2. The Kier molecular flexibility index (Phi) is 3.46. The fraction of sp³-hybridized carbons (Fsp3) is 0.714. The Morgan fingerprint density at radius 3 is 2.33 bits per heavy atom. The average Bonchev–Trinajstić information content (AvgIpc) is 2.85. The minimum Gasteiger partial charge on any atom is -0.481 e. The van der Waals surface area contributed by atoms with Gasteiger partial charge in [-0.1, -0.05) is 26.0 Å². The first-order chi connectivity index (χ1) is 8.41. The fourth-order valence-electron chi connectivity index (χ4n) is 3.39. The SMILES string of the molecule is CC(C)CN(C)C(=O)C1C2C=CC(C2)C1C(=O)O. The van der Waals surface area contributed by atoms with Crippen LogP contribution in [-0.4, -0.2) is 35.5 Å². The summed E-state index contributed by atoms with van der Waals surface area (Å²) in [5, 5.41) is 9.31. The van der Waals surface area contributed by atoms with Crippen molar-refractivity contribution in [2.24, 2.45) is 29.6 Å². The monoisotopic (exact) mass is 251 g/mol. The maximum atomic E-state index is 12.4. The molecule has 4 nitrogen and oxygen atoms in total. The second-order valence-electron chi connectivity index (χ2n) is 5.95. The largest absolute Gasteiger partial charge is 0.481 e. The third kappa shape index (κ3) is 2.16. The molecule has 1 N–H and O–H groups in total. The van der Waals surface area contributed by atoms with E-state index in [4.69, 9.17) is 0 Å². The van der Waals surface area contributed by atoms with Crippen LogP contribution in [0.2, 0.25) is 0 Å². The Labute approximate surface area is 108 Å². The van der Waals surface area contributed by atoms with Gasteiger partial charge in [-0.3, -0.25) is 9.59 Å². The number of aliphatic carboxylic acids is 1. The molecule has 0 heterocycles. The molecule has 1 fully saturated rings. The number of amides is 1. The third-order valence-electron chi connectivity index (χ3n) is 4.04. The van der Waals surface area contributed by atoms with E-state index in [1.165, 1.54) is 0 Å². The van der Waals surface area contributed by atoms with Crippen LogP contribution < -0.4 is 0 Å². The molecule has 4 atom stereocenters. The van der Waals surface area contributed by atoms with Crippen LogP contribution in [0.25, 0.3) is 0 Å². The van der Waals surface area contributed by atoms with Gasteiger partial charge in [-0.25, -0.2) is 0 Å². The van der Waals surface area contributed by atoms with Gasteiger partial charge >= 0.3 is 5.97 Å². The summed E-state index contributed by atoms with van der Waals surface area (Å²) < 4.78 is 0. The van der Waals surface area contributed by atoms with E-state index in [1.54, 1.807) is 11.9 Å². The Hall–Kier alpha value is -1.32. The van der Waals surface area contributed by atoms with Crippen LogP contribution in [-0.2, 0) is 9.59 Å². The molecule has 1 amide bonds. The summed E-state index contributed by atoms with van der Waals surface area (Å²) in [7, 11) is 1.77. The number of carbonyl (C=O) groups excluding carboxylic acids is 1. The standard InChI is InChI=1S/C14H21NO3/c1-8(2)7-15(3)13(16)11-9-4-5-10(6-9)12(11)14(17)18/h4-5,8-12H,6-7H2,1-3H3,(H,17,18). The predicted molar refractivity (Wildman–Crippen MR) is 67.8 cm³/mol. The fourth-order valence-corrected chi connectivity index (χ4v) is 3.39. The molecular formula is C14H21NO3. The number of carboxylic acids is 1. The van der Waals surface area contributed by atoms with Gasteiger partial charge in [0.25, 0.3) is 0 Å². The lowest BCUT2D eigenvalue weighted by atomic mass is 9.82. The summed E-state index contributed by atoms with van der Waals surface area (Å²) >= 11 is 0. The topological polar surface area (TPSA) is 57.6 Å². The number of hydrogen-bond donors (Lipinski definition) is 1. The molecule has 2 aliphatic carbocycles. The van der Waals surface area contributed by atoms with Crippen molar-refractivity contribution in [2.75, 3.05) is 13.6 Å². The third-order valence-corrected chi connectivity index (χ3v) is 4.04. The molecule has 4 heteroatoms. The average molecular weight is 251 g/mol. The quantitative estimate of drug-likeness (QED) is 0.772. The van der Waals surface area contributed by atoms with Crippen LogP contribution in [0, 0.1) is 29.6 Å². The van der Waals surface area contributed by atoms with Gasteiger partial charge in [0.1, 0.15) is 0 Å². The van der Waals surface area contributed by atoms with E-state index in [-0.39, 0.29) is 23.7 Å². The van der Waals surface area contributed by atoms with E-state index >= 15 is 0 Å². The summed E-state index contributed by atoms with van der Waals surface area (Å²) in [5.41, 5.74) is 0. The van der Waals surface area contributed by atoms with Crippen LogP contribution in [0.1, 0.15) is 20.3 Å². The first-order valence-corrected chi connectivity index (χ1v) is 6.58. The molecule has 0 radical (unpaired) electrons. The maximum Gasteiger partial charge on any atom is 0.307 e. The molecule has 0 saturated heterocycles. The van der Waals surface area contributed by atoms with Gasteiger partial charge in [0.05, 0.1) is 11.8 Å². The predicted octanol–water partition coefficient (Wildman–Crippen LogP) is 1.62. The lowest BCUT2D eigenvalue weighted by Gasteiger charge is -2.29. The molecule has 0 aliphatic heterocycles. The maximum absolute atomic E-state index is 12.4. The van der Waals surface area contributed by atoms with Gasteiger partial charge in [-0.15, -0.1) is 0 Å². The smallest absolute Gasteiger partial charge is 0.307 e. The number of fused-ring (bicyclic) bond motifs is 2. The molecule has 2 aliphatic rings. The van der Waals surface area contributed by atoms with E-state index < -0.39 is 11.9 Å². The van der Waals surface area contributed by atoms with Crippen LogP contribution in [0.15, 0.2) is 12.2 Å². The van der Waals surface area contributed by atoms with Crippen molar-refractivity contribution < 1.29 is 14.7 Å². The van der Waals surface area contributed by atoms with Gasteiger partial charge in [-0.2, -0.15) is 0 Å². The molecule has 100 valence electrons. The first kappa shape index (κ1) is 13.1. The van der Waals surface area contributed by atoms with E-state index in [1.807, 2.05) is 12.2 Å². The number of hydrogen-bond acceptors (Lipinski definition) is 2. The lowest BCUT2D eigenvalue weighted by molar-refractivity contribution is -0.150. The van der Waals surface area contributed by atoms with E-state index in [9.17, 15) is 14.7 Å². The second-order valence-corrected chi connectivity index (χ2v) is 5.95. The molecule has 1 saturated carbocycles. The Morgan fingerprint density at radius 2 is 1.83 bits per heavy atom. The Bertz CT molecular complexity index is 389. The summed E-state index contributed by atoms with van der Waals surface area (Å²) in [6.07, 6.45) is 4.81. The molecule has 2 rings (SSSR count). The van der Waals surface area contributed by atoms with Gasteiger partial charge < -0.3 is 10.0 Å². The lowest BCUT2D eigenvalue weighted by Crippen LogP contribution is -2.42. The normalized spacial score (nSPS) is 33.1. The minimum absolute atomic E-state index is 0.00653. The van der Waals surface area contributed by atoms with Crippen LogP contribution in [0.5, 0.6) is 0 Å². The van der Waals surface area contributed by atoms with Gasteiger partial charge in [0.2, 0.25) is 5.91 Å². The summed E-state index contributed by atoms with van der Waals surface area (Å²) in [6, 6.07) is 0. The van der Waals surface area contributed by atoms with Gasteiger partial charge in [0, 0.05) is 13.6 Å². The number of carbonyl (C=O) groups is 2. The number of rotatable bonds is 4. The summed E-state index contributed by atoms with van der Waals surface area (Å²) in [6.45, 7) is 4.79. The number of carboxylic acid groups (broad SMARTS) is 1. The van der Waals surface area contributed by atoms with Gasteiger partial charge in [-0.05, 0) is 24.2 Å². The van der Waals surface area contributed by atoms with Crippen LogP contribution in [0.4, 0.5) is 0 Å². The molecule has 4 unspecified atom stereocenters. The molecule has 2 bridgehead atoms. The van der Waals surface area contributed by atoms with Crippen molar-refractivity contribution in [1.29, 1.82) is 0 Å². The Balaban J connectivity index is 2.14. The minimum atomic E-state index is -0.830. The van der Waals surface area contributed by atoms with Crippen molar-refractivity contribution in [2.45, 2.75) is 20.3 Å². The van der Waals surface area contributed by atoms with Crippen molar-refractivity contribution in [3.8, 4) is 0 Å². The van der Waals surface area contributed by atoms with Gasteiger partial charge in [0.15, 0.2) is 0 Å². The number of allylic oxidation sites excluding steroid dienone is 2. The highest BCUT2D eigenvalue weighted by molar-refractivity contribution is 5.86. The van der Waals surface area contributed by atoms with Crippen molar-refractivity contribution >= 4 is 11.9 Å². The molecular weight excluding hydrogens is 230 g/mol. The van der Waals surface area contributed by atoms with Crippen LogP contribution >= 0.6 is 0 Å². The van der Waals surface area contributed by atoms with Crippen molar-refractivity contribution in [3.05, 3.63) is 12.2 Å². The van der Waals surface area contributed by atoms with E-state index in [2.05, 4.69) is 13.8 Å². The van der Waals surface area contributed by atoms with E-state index in [0.717, 1.165) is 6.42 Å². The molecule has 18 heavy (non-hydrogen) atoms. The second kappa shape index (κ2) is 4.75. The van der Waals surface area contributed by atoms with Crippen molar-refractivity contribution in [3.63, 3.8) is 0 Å². The zero-order valence-electron chi connectivity index (χ0n) is 11.2. The molecule has 0 aromatic carbocycles. The zero-order chi connectivity index (χ0) is 13.4. The van der Waals surface area contributed by atoms with E-state index in [0.29, 0.717) is 12.5 Å². The Morgan fingerprint density at radius 1 is 1.28 bits per heavy atom. The molecule has 0 aromatic rings. The van der Waals surface area contributed by atoms with Crippen molar-refractivity contribution in [1.82, 2.24) is 4.90 Å². The van der Waals surface area contributed by atoms with Crippen LogP contribution in [0.3, 0.4) is 0 Å². The summed E-state index contributed by atoms with van der Waals surface area (Å²) in [5.74, 6) is -1.15. The summed E-state index contributed by atoms with van der Waals surface area (Å²) in [4.78, 5) is 25.5.